The van der Waals surface area contributed by atoms with Gasteiger partial charge in [-0.2, -0.15) is 0 Å². The van der Waals surface area contributed by atoms with E-state index >= 15 is 0 Å². The second-order valence-electron chi connectivity index (χ2n) is 21.0. The summed E-state index contributed by atoms with van der Waals surface area (Å²) < 4.78 is 35.3. The van der Waals surface area contributed by atoms with Crippen molar-refractivity contribution in [3.8, 4) is 0 Å². The number of hydrogen-bond acceptors (Lipinski definition) is 6. The molecule has 0 heterocycles. The topological polar surface area (TPSA) is 91.3 Å². The lowest BCUT2D eigenvalue weighted by atomic mass is 10.0. The molecule has 0 spiro atoms. The summed E-state index contributed by atoms with van der Waals surface area (Å²) in [6.45, 7) is 5.52. The number of likely N-dealkylation sites (N-methyl/N-ethyl adjacent to an activating group) is 1. The third kappa shape index (κ3) is 58.7. The van der Waals surface area contributed by atoms with Crippen molar-refractivity contribution in [1.82, 2.24) is 0 Å². The summed E-state index contributed by atoms with van der Waals surface area (Å²) in [5.74, 6) is -0.315. The van der Waals surface area contributed by atoms with E-state index in [4.69, 9.17) is 18.5 Å². The largest absolute Gasteiger partial charge is 0.472 e. The van der Waals surface area contributed by atoms with Crippen molar-refractivity contribution in [2.45, 2.75) is 264 Å². The Bertz CT molecular complexity index is 1370. The van der Waals surface area contributed by atoms with E-state index in [0.29, 0.717) is 24.1 Å². The fourth-order valence-corrected chi connectivity index (χ4v) is 9.01. The number of phosphoric ester groups is 1. The maximum Gasteiger partial charge on any atom is 0.472 e. The fraction of sp³-hybridized carbons (Fsp3) is 0.790. The zero-order chi connectivity index (χ0) is 51.9. The second kappa shape index (κ2) is 54.2. The Hall–Kier alpha value is -2.06. The van der Waals surface area contributed by atoms with Crippen LogP contribution in [-0.2, 0) is 27.9 Å². The number of unbranched alkanes of at least 4 members (excludes halogenated alkanes) is 29. The van der Waals surface area contributed by atoms with Crippen LogP contribution >= 0.6 is 7.82 Å². The fourth-order valence-electron chi connectivity index (χ4n) is 8.27. The standard InChI is InChI=1S/C62H114NO7P/c1-6-8-10-12-14-16-18-20-22-24-26-28-30-31-32-34-36-38-40-42-44-46-48-50-52-54-57-67-59-61(60-69-71(65,66)68-58-56-63(3,4)5)70-62(64)55-53-51-49-47-45-43-41-39-37-35-33-29-27-25-23-21-19-17-15-13-11-9-7-2/h8,10,14,16,20,22,26,28,31-32,36,38,61H,6-7,9,11-13,15,17-19,21,23-25,27,29-30,33-35,37,39-60H2,1-5H3/p+1/b10-8-,16-14-,22-20-,28-26-,32-31-,38-36-. The summed E-state index contributed by atoms with van der Waals surface area (Å²) in [7, 11) is 1.66. The molecule has 0 amide bonds. The van der Waals surface area contributed by atoms with Gasteiger partial charge in [0.15, 0.2) is 0 Å². The number of allylic oxidation sites excluding steroid dienone is 12. The number of phosphoric acid groups is 1. The molecule has 0 aliphatic heterocycles. The summed E-state index contributed by atoms with van der Waals surface area (Å²) >= 11 is 0. The number of carbonyl (C=O) groups excluding carboxylic acids is 1. The molecule has 0 rings (SSSR count). The first-order valence-electron chi connectivity index (χ1n) is 29.7. The Morgan fingerprint density at radius 1 is 0.451 bits per heavy atom. The monoisotopic (exact) mass is 1020 g/mol. The minimum atomic E-state index is -4.29. The van der Waals surface area contributed by atoms with E-state index in [0.717, 1.165) is 77.0 Å². The lowest BCUT2D eigenvalue weighted by Gasteiger charge is -2.24. The van der Waals surface area contributed by atoms with Gasteiger partial charge < -0.3 is 18.9 Å². The zero-order valence-electron chi connectivity index (χ0n) is 47.2. The number of esters is 1. The molecule has 0 bridgehead atoms. The average molecular weight is 1020 g/mol. The SMILES string of the molecule is CC/C=C\C/C=C\C/C=C\C/C=C\C/C=C\C/C=C\CCCCCCCCCOCC(COP(=O)(O)OCC[N+](C)(C)C)OC(=O)CCCCCCCCCCCCCCCCCCCCCCCCC. The predicted octanol–water partition coefficient (Wildman–Crippen LogP) is 19.0. The molecule has 414 valence electrons. The van der Waals surface area contributed by atoms with Crippen LogP contribution in [0.2, 0.25) is 0 Å². The highest BCUT2D eigenvalue weighted by atomic mass is 31.2. The van der Waals surface area contributed by atoms with Crippen molar-refractivity contribution < 1.29 is 37.3 Å². The van der Waals surface area contributed by atoms with Crippen LogP contribution in [-0.4, -0.2) is 75.6 Å². The molecule has 0 aromatic carbocycles. The molecule has 0 aromatic heterocycles. The first-order valence-corrected chi connectivity index (χ1v) is 31.2. The van der Waals surface area contributed by atoms with Gasteiger partial charge in [0.1, 0.15) is 19.3 Å². The average Bonchev–Trinajstić information content (AvgIpc) is 3.33. The van der Waals surface area contributed by atoms with Crippen LogP contribution in [0.15, 0.2) is 72.9 Å². The van der Waals surface area contributed by atoms with Crippen LogP contribution in [0, 0.1) is 0 Å². The molecule has 9 heteroatoms. The minimum absolute atomic E-state index is 0.0846. The quantitative estimate of drug-likeness (QED) is 0.0213. The molecule has 0 fully saturated rings. The van der Waals surface area contributed by atoms with Crippen LogP contribution in [0.4, 0.5) is 0 Å². The van der Waals surface area contributed by atoms with Gasteiger partial charge in [0.25, 0.3) is 0 Å². The first-order chi connectivity index (χ1) is 34.6. The second-order valence-corrected chi connectivity index (χ2v) is 22.5. The molecule has 0 aliphatic carbocycles. The van der Waals surface area contributed by atoms with E-state index < -0.39 is 13.9 Å². The molecule has 0 aromatic rings. The molecule has 0 saturated carbocycles. The van der Waals surface area contributed by atoms with Crippen LogP contribution in [0.1, 0.15) is 258 Å². The number of quaternary nitrogens is 1. The van der Waals surface area contributed by atoms with Gasteiger partial charge in [-0.05, 0) is 64.2 Å². The van der Waals surface area contributed by atoms with Gasteiger partial charge in [-0.25, -0.2) is 4.57 Å². The van der Waals surface area contributed by atoms with Gasteiger partial charge in [0.05, 0.1) is 34.4 Å². The van der Waals surface area contributed by atoms with Gasteiger partial charge in [0.2, 0.25) is 0 Å². The third-order valence-electron chi connectivity index (χ3n) is 12.8. The van der Waals surface area contributed by atoms with E-state index in [9.17, 15) is 14.3 Å². The molecular weight excluding hydrogens is 902 g/mol. The maximum atomic E-state index is 12.8. The number of nitrogens with zero attached hydrogens (tertiary/aromatic N) is 1. The molecule has 2 unspecified atom stereocenters. The smallest absolute Gasteiger partial charge is 0.457 e. The summed E-state index contributed by atoms with van der Waals surface area (Å²) in [6.07, 6.45) is 72.6. The predicted molar refractivity (Wildman–Crippen MR) is 307 cm³/mol. The summed E-state index contributed by atoms with van der Waals surface area (Å²) in [4.78, 5) is 23.1. The van der Waals surface area contributed by atoms with Crippen LogP contribution < -0.4 is 0 Å². The molecule has 2 atom stereocenters. The van der Waals surface area contributed by atoms with Gasteiger partial charge in [-0.15, -0.1) is 0 Å². The van der Waals surface area contributed by atoms with E-state index in [1.807, 2.05) is 21.1 Å². The van der Waals surface area contributed by atoms with Crippen LogP contribution in [0.25, 0.3) is 0 Å². The highest BCUT2D eigenvalue weighted by Gasteiger charge is 2.26. The lowest BCUT2D eigenvalue weighted by Crippen LogP contribution is -2.37. The van der Waals surface area contributed by atoms with Gasteiger partial charge in [-0.3, -0.25) is 13.8 Å². The number of hydrogen-bond donors (Lipinski definition) is 1. The summed E-state index contributed by atoms with van der Waals surface area (Å²) in [6, 6.07) is 0. The van der Waals surface area contributed by atoms with Crippen molar-refractivity contribution in [3.63, 3.8) is 0 Å². The van der Waals surface area contributed by atoms with Crippen LogP contribution in [0.3, 0.4) is 0 Å². The van der Waals surface area contributed by atoms with Crippen LogP contribution in [0.5, 0.6) is 0 Å². The van der Waals surface area contributed by atoms with Crippen molar-refractivity contribution in [3.05, 3.63) is 72.9 Å². The van der Waals surface area contributed by atoms with E-state index in [-0.39, 0.29) is 25.8 Å². The molecule has 8 nitrogen and oxygen atoms in total. The molecule has 71 heavy (non-hydrogen) atoms. The van der Waals surface area contributed by atoms with Gasteiger partial charge >= 0.3 is 13.8 Å². The Balaban J connectivity index is 4.09. The Morgan fingerprint density at radius 2 is 0.817 bits per heavy atom. The minimum Gasteiger partial charge on any atom is -0.457 e. The van der Waals surface area contributed by atoms with E-state index in [2.05, 4.69) is 86.8 Å². The van der Waals surface area contributed by atoms with Crippen molar-refractivity contribution in [2.24, 2.45) is 0 Å². The van der Waals surface area contributed by atoms with E-state index in [1.165, 1.54) is 161 Å². The molecule has 0 saturated heterocycles. The van der Waals surface area contributed by atoms with Crippen molar-refractivity contribution >= 4 is 13.8 Å². The molecule has 0 aliphatic rings. The molecular formula is C62H115NO7P+. The Labute approximate surface area is 440 Å². The number of rotatable bonds is 55. The van der Waals surface area contributed by atoms with Crippen molar-refractivity contribution in [1.29, 1.82) is 0 Å². The Kier molecular flexibility index (Phi) is 52.6. The Morgan fingerprint density at radius 3 is 1.23 bits per heavy atom. The van der Waals surface area contributed by atoms with Crippen molar-refractivity contribution in [2.75, 3.05) is 54.1 Å². The summed E-state index contributed by atoms with van der Waals surface area (Å²) in [5, 5.41) is 0. The number of carbonyl (C=O) groups is 1. The van der Waals surface area contributed by atoms with Gasteiger partial charge in [-0.1, -0.05) is 260 Å². The normalized spacial score (nSPS) is 13.9. The third-order valence-corrected chi connectivity index (χ3v) is 13.8. The van der Waals surface area contributed by atoms with Gasteiger partial charge in [0, 0.05) is 13.0 Å². The first kappa shape index (κ1) is 68.9. The summed E-state index contributed by atoms with van der Waals surface area (Å²) in [5.41, 5.74) is 0. The highest BCUT2D eigenvalue weighted by Crippen LogP contribution is 2.43. The lowest BCUT2D eigenvalue weighted by molar-refractivity contribution is -0.870. The maximum absolute atomic E-state index is 12.8. The molecule has 0 radical (unpaired) electrons. The van der Waals surface area contributed by atoms with E-state index in [1.54, 1.807) is 0 Å². The molecule has 1 N–H and O–H groups in total. The number of ether oxygens (including phenoxy) is 2. The highest BCUT2D eigenvalue weighted by molar-refractivity contribution is 7.47. The zero-order valence-corrected chi connectivity index (χ0v) is 48.1.